The van der Waals surface area contributed by atoms with Gasteiger partial charge in [0.15, 0.2) is 5.65 Å². The topological polar surface area (TPSA) is 75.3 Å². The van der Waals surface area contributed by atoms with Gasteiger partial charge in [-0.1, -0.05) is 13.0 Å². The maximum Gasteiger partial charge on any atom is 0.157 e. The van der Waals surface area contributed by atoms with E-state index < -0.39 is 6.10 Å². The van der Waals surface area contributed by atoms with Crippen molar-refractivity contribution >= 4 is 11.5 Å². The fourth-order valence-corrected chi connectivity index (χ4v) is 2.16. The lowest BCUT2D eigenvalue weighted by atomic mass is 10.1. The molecule has 2 N–H and O–H groups in total. The molecular weight excluding hydrogens is 266 g/mol. The first kappa shape index (κ1) is 13.5. The molecule has 0 saturated heterocycles. The monoisotopic (exact) mass is 283 g/mol. The molecular formula is C15H17N5O. The Kier molecular flexibility index (Phi) is 3.79. The number of rotatable bonds is 5. The summed E-state index contributed by atoms with van der Waals surface area (Å²) in [5.74, 6) is 0.824. The van der Waals surface area contributed by atoms with Crippen molar-refractivity contribution in [3.05, 3.63) is 54.1 Å². The average Bonchev–Trinajstić information content (AvgIpc) is 3.01. The Balaban J connectivity index is 1.80. The van der Waals surface area contributed by atoms with Crippen LogP contribution in [0.15, 0.2) is 42.9 Å². The number of fused-ring (bicyclic) bond motifs is 1. The number of pyridine rings is 1. The molecule has 3 aromatic heterocycles. The molecule has 108 valence electrons. The highest BCUT2D eigenvalue weighted by Crippen LogP contribution is 2.16. The normalized spacial score (nSPS) is 12.5. The van der Waals surface area contributed by atoms with E-state index in [2.05, 4.69) is 27.3 Å². The number of hydrogen-bond donors (Lipinski definition) is 2. The molecule has 3 heterocycles. The fraction of sp³-hybridized carbons (Fsp3) is 0.267. The summed E-state index contributed by atoms with van der Waals surface area (Å²) in [5.41, 5.74) is 2.57. The third-order valence-electron chi connectivity index (χ3n) is 3.32. The van der Waals surface area contributed by atoms with E-state index in [1.807, 2.05) is 24.3 Å². The van der Waals surface area contributed by atoms with E-state index in [9.17, 15) is 5.11 Å². The van der Waals surface area contributed by atoms with Crippen LogP contribution in [0.3, 0.4) is 0 Å². The molecule has 1 atom stereocenters. The number of aromatic nitrogens is 4. The van der Waals surface area contributed by atoms with Crippen LogP contribution in [-0.4, -0.2) is 31.2 Å². The predicted octanol–water partition coefficient (Wildman–Crippen LogP) is 1.83. The third kappa shape index (κ3) is 2.85. The third-order valence-corrected chi connectivity index (χ3v) is 3.32. The zero-order valence-corrected chi connectivity index (χ0v) is 11.8. The molecule has 0 fully saturated rings. The van der Waals surface area contributed by atoms with E-state index >= 15 is 0 Å². The number of aliphatic hydroxyl groups excluding tert-OH is 1. The van der Waals surface area contributed by atoms with Crippen LogP contribution >= 0.6 is 0 Å². The van der Waals surface area contributed by atoms with E-state index in [1.165, 1.54) is 0 Å². The van der Waals surface area contributed by atoms with Gasteiger partial charge in [0.05, 0.1) is 12.3 Å². The molecule has 6 heteroatoms. The van der Waals surface area contributed by atoms with Gasteiger partial charge < -0.3 is 10.4 Å². The Morgan fingerprint density at radius 2 is 2.24 bits per heavy atom. The Morgan fingerprint density at radius 3 is 3.00 bits per heavy atom. The van der Waals surface area contributed by atoms with E-state index in [0.29, 0.717) is 6.54 Å². The summed E-state index contributed by atoms with van der Waals surface area (Å²) in [4.78, 5) is 8.50. The molecule has 0 aliphatic carbocycles. The summed E-state index contributed by atoms with van der Waals surface area (Å²) in [6.07, 6.45) is 5.29. The van der Waals surface area contributed by atoms with E-state index in [0.717, 1.165) is 29.1 Å². The van der Waals surface area contributed by atoms with Gasteiger partial charge in [-0.05, 0) is 12.5 Å². The smallest absolute Gasteiger partial charge is 0.157 e. The summed E-state index contributed by atoms with van der Waals surface area (Å²) in [5, 5.41) is 17.7. The Hall–Kier alpha value is -2.47. The molecule has 1 unspecified atom stereocenters. The molecule has 3 rings (SSSR count). The van der Waals surface area contributed by atoms with Crippen molar-refractivity contribution < 1.29 is 5.11 Å². The fourth-order valence-electron chi connectivity index (χ4n) is 2.16. The maximum absolute atomic E-state index is 10.2. The Morgan fingerprint density at radius 1 is 1.33 bits per heavy atom. The van der Waals surface area contributed by atoms with Crippen LogP contribution in [0.5, 0.6) is 0 Å². The van der Waals surface area contributed by atoms with Crippen LogP contribution in [0.1, 0.15) is 24.3 Å². The minimum atomic E-state index is -0.623. The van der Waals surface area contributed by atoms with Crippen LogP contribution in [-0.2, 0) is 6.42 Å². The van der Waals surface area contributed by atoms with E-state index in [4.69, 9.17) is 0 Å². The number of hydrogen-bond acceptors (Lipinski definition) is 5. The highest BCUT2D eigenvalue weighted by atomic mass is 16.3. The van der Waals surface area contributed by atoms with Gasteiger partial charge in [-0.3, -0.25) is 4.98 Å². The molecule has 0 aromatic carbocycles. The molecule has 0 bridgehead atoms. The van der Waals surface area contributed by atoms with Crippen LogP contribution < -0.4 is 5.32 Å². The second-order valence-electron chi connectivity index (χ2n) is 4.77. The largest absolute Gasteiger partial charge is 0.387 e. The summed E-state index contributed by atoms with van der Waals surface area (Å²) in [6, 6.07) is 7.48. The summed E-state index contributed by atoms with van der Waals surface area (Å²) in [6.45, 7) is 2.44. The van der Waals surface area contributed by atoms with Crippen molar-refractivity contribution in [1.29, 1.82) is 0 Å². The standard InChI is InChI=1S/C15H17N5O/c1-2-12-8-15(20-14(19-12)5-7-18-20)17-10-13(21)11-4-3-6-16-9-11/h3-9,13,17,21H,2,10H2,1H3. The van der Waals surface area contributed by atoms with Gasteiger partial charge in [-0.2, -0.15) is 9.61 Å². The van der Waals surface area contributed by atoms with Crippen LogP contribution in [0.4, 0.5) is 5.82 Å². The number of nitrogens with one attached hydrogen (secondary N) is 1. The minimum absolute atomic E-state index is 0.383. The zero-order valence-electron chi connectivity index (χ0n) is 11.8. The molecule has 0 radical (unpaired) electrons. The Bertz CT molecular complexity index is 725. The van der Waals surface area contributed by atoms with Gasteiger partial charge in [0.1, 0.15) is 5.82 Å². The number of aryl methyl sites for hydroxylation is 1. The minimum Gasteiger partial charge on any atom is -0.387 e. The van der Waals surface area contributed by atoms with Crippen LogP contribution in [0.25, 0.3) is 5.65 Å². The maximum atomic E-state index is 10.2. The van der Waals surface area contributed by atoms with Gasteiger partial charge in [0, 0.05) is 42.3 Å². The number of nitrogens with zero attached hydrogens (tertiary/aromatic N) is 4. The van der Waals surface area contributed by atoms with Gasteiger partial charge in [0.25, 0.3) is 0 Å². The highest BCUT2D eigenvalue weighted by molar-refractivity contribution is 5.49. The molecule has 21 heavy (non-hydrogen) atoms. The van der Waals surface area contributed by atoms with Crippen molar-refractivity contribution in [3.63, 3.8) is 0 Å². The lowest BCUT2D eigenvalue weighted by molar-refractivity contribution is 0.191. The first-order chi connectivity index (χ1) is 10.3. The quantitative estimate of drug-likeness (QED) is 0.747. The van der Waals surface area contributed by atoms with Crippen molar-refractivity contribution in [2.24, 2.45) is 0 Å². The van der Waals surface area contributed by atoms with Crippen LogP contribution in [0.2, 0.25) is 0 Å². The van der Waals surface area contributed by atoms with Crippen molar-refractivity contribution in [2.45, 2.75) is 19.4 Å². The molecule has 0 amide bonds. The Labute approximate surface area is 122 Å². The van der Waals surface area contributed by atoms with Gasteiger partial charge >= 0.3 is 0 Å². The van der Waals surface area contributed by atoms with Crippen molar-refractivity contribution in [3.8, 4) is 0 Å². The van der Waals surface area contributed by atoms with Crippen LogP contribution in [0, 0.1) is 0 Å². The zero-order chi connectivity index (χ0) is 14.7. The lowest BCUT2D eigenvalue weighted by Crippen LogP contribution is -2.15. The summed E-state index contributed by atoms with van der Waals surface area (Å²) in [7, 11) is 0. The summed E-state index contributed by atoms with van der Waals surface area (Å²) < 4.78 is 1.73. The first-order valence-electron chi connectivity index (χ1n) is 6.93. The predicted molar refractivity (Wildman–Crippen MR) is 80.1 cm³/mol. The molecule has 0 aliphatic heterocycles. The second kappa shape index (κ2) is 5.88. The van der Waals surface area contributed by atoms with Gasteiger partial charge in [-0.15, -0.1) is 0 Å². The second-order valence-corrected chi connectivity index (χ2v) is 4.77. The number of aliphatic hydroxyl groups is 1. The lowest BCUT2D eigenvalue weighted by Gasteiger charge is -2.14. The molecule has 0 spiro atoms. The molecule has 0 aliphatic rings. The van der Waals surface area contributed by atoms with Gasteiger partial charge in [-0.25, -0.2) is 4.98 Å². The molecule has 3 aromatic rings. The molecule has 6 nitrogen and oxygen atoms in total. The van der Waals surface area contributed by atoms with Crippen molar-refractivity contribution in [2.75, 3.05) is 11.9 Å². The molecule has 0 saturated carbocycles. The summed E-state index contributed by atoms with van der Waals surface area (Å²) >= 11 is 0. The van der Waals surface area contributed by atoms with Gasteiger partial charge in [0.2, 0.25) is 0 Å². The van der Waals surface area contributed by atoms with Crippen molar-refractivity contribution in [1.82, 2.24) is 19.6 Å². The SMILES string of the molecule is CCc1cc(NCC(O)c2cccnc2)n2nccc2n1. The number of anilines is 1. The first-order valence-corrected chi connectivity index (χ1v) is 6.93. The highest BCUT2D eigenvalue weighted by Gasteiger charge is 2.10. The van der Waals surface area contributed by atoms with E-state index in [1.54, 1.807) is 23.1 Å². The average molecular weight is 283 g/mol. The van der Waals surface area contributed by atoms with E-state index in [-0.39, 0.29) is 0 Å².